The SMILES string of the molecule is Cc1ccc([C@H]2CN(C(C)(C)C)C[C@@H]2C(=O)O)cc1Br. The van der Waals surface area contributed by atoms with Crippen LogP contribution in [0.25, 0.3) is 0 Å². The zero-order valence-corrected chi connectivity index (χ0v) is 14.1. The van der Waals surface area contributed by atoms with Crippen molar-refractivity contribution in [1.82, 2.24) is 4.90 Å². The van der Waals surface area contributed by atoms with Crippen molar-refractivity contribution in [2.75, 3.05) is 13.1 Å². The monoisotopic (exact) mass is 339 g/mol. The van der Waals surface area contributed by atoms with Gasteiger partial charge in [-0.1, -0.05) is 28.1 Å². The first-order valence-electron chi connectivity index (χ1n) is 6.94. The lowest BCUT2D eigenvalue weighted by atomic mass is 9.89. The minimum Gasteiger partial charge on any atom is -0.481 e. The number of carboxylic acid groups (broad SMARTS) is 1. The number of aryl methyl sites for hydroxylation is 1. The Hall–Kier alpha value is -0.870. The van der Waals surface area contributed by atoms with Gasteiger partial charge in [-0.3, -0.25) is 9.69 Å². The second-order valence-electron chi connectivity index (χ2n) is 6.64. The predicted octanol–water partition coefficient (Wildman–Crippen LogP) is 3.66. The highest BCUT2D eigenvalue weighted by atomic mass is 79.9. The van der Waals surface area contributed by atoms with Gasteiger partial charge in [0.2, 0.25) is 0 Å². The average Bonchev–Trinajstić information content (AvgIpc) is 2.77. The first kappa shape index (κ1) is 15.5. The van der Waals surface area contributed by atoms with Crippen LogP contribution < -0.4 is 0 Å². The quantitative estimate of drug-likeness (QED) is 0.893. The summed E-state index contributed by atoms with van der Waals surface area (Å²) in [5.74, 6) is -0.967. The molecule has 1 N–H and O–H groups in total. The Morgan fingerprint density at radius 3 is 2.50 bits per heavy atom. The lowest BCUT2D eigenvalue weighted by molar-refractivity contribution is -0.141. The lowest BCUT2D eigenvalue weighted by Gasteiger charge is -2.31. The summed E-state index contributed by atoms with van der Waals surface area (Å²) < 4.78 is 1.05. The van der Waals surface area contributed by atoms with Crippen LogP contribution in [0.3, 0.4) is 0 Å². The maximum absolute atomic E-state index is 11.6. The number of aliphatic carboxylic acids is 1. The molecule has 1 saturated heterocycles. The number of carboxylic acids is 1. The highest BCUT2D eigenvalue weighted by molar-refractivity contribution is 9.10. The Bertz CT molecular complexity index is 522. The number of benzene rings is 1. The Kier molecular flexibility index (Phi) is 4.26. The molecule has 2 rings (SSSR count). The zero-order chi connectivity index (χ0) is 15.1. The van der Waals surface area contributed by atoms with E-state index in [1.807, 2.05) is 6.92 Å². The molecular weight excluding hydrogens is 318 g/mol. The van der Waals surface area contributed by atoms with Gasteiger partial charge in [-0.05, 0) is 44.9 Å². The maximum atomic E-state index is 11.6. The van der Waals surface area contributed by atoms with Crippen LogP contribution in [-0.4, -0.2) is 34.6 Å². The van der Waals surface area contributed by atoms with Gasteiger partial charge in [0.15, 0.2) is 0 Å². The standard InChI is InChI=1S/C16H22BrNO2/c1-10-5-6-11(7-14(10)17)12-8-18(16(2,3)4)9-13(12)15(19)20/h5-7,12-13H,8-9H2,1-4H3,(H,19,20)/t12-,13+/m1/s1. The first-order valence-corrected chi connectivity index (χ1v) is 7.73. The van der Waals surface area contributed by atoms with E-state index in [1.54, 1.807) is 0 Å². The molecular formula is C16H22BrNO2. The van der Waals surface area contributed by atoms with Crippen LogP contribution in [0.4, 0.5) is 0 Å². The largest absolute Gasteiger partial charge is 0.481 e. The van der Waals surface area contributed by atoms with Gasteiger partial charge in [0.1, 0.15) is 0 Å². The number of hydrogen-bond acceptors (Lipinski definition) is 2. The van der Waals surface area contributed by atoms with E-state index in [9.17, 15) is 9.90 Å². The third-order valence-electron chi connectivity index (χ3n) is 4.21. The number of likely N-dealkylation sites (tertiary alicyclic amines) is 1. The van der Waals surface area contributed by atoms with Crippen LogP contribution in [0, 0.1) is 12.8 Å². The Morgan fingerprint density at radius 1 is 1.35 bits per heavy atom. The van der Waals surface area contributed by atoms with Gasteiger partial charge in [-0.15, -0.1) is 0 Å². The first-order chi connectivity index (χ1) is 9.20. The van der Waals surface area contributed by atoms with Gasteiger partial charge in [0.25, 0.3) is 0 Å². The minimum atomic E-state index is -0.696. The van der Waals surface area contributed by atoms with Crippen LogP contribution >= 0.6 is 15.9 Å². The summed E-state index contributed by atoms with van der Waals surface area (Å²) >= 11 is 3.54. The van der Waals surface area contributed by atoms with Crippen LogP contribution in [0.1, 0.15) is 37.8 Å². The van der Waals surface area contributed by atoms with Crippen LogP contribution in [0.15, 0.2) is 22.7 Å². The van der Waals surface area contributed by atoms with E-state index < -0.39 is 5.97 Å². The van der Waals surface area contributed by atoms with Gasteiger partial charge in [-0.2, -0.15) is 0 Å². The van der Waals surface area contributed by atoms with Gasteiger partial charge in [0, 0.05) is 29.0 Å². The van der Waals surface area contributed by atoms with E-state index in [2.05, 4.69) is 59.8 Å². The Morgan fingerprint density at radius 2 is 2.00 bits per heavy atom. The van der Waals surface area contributed by atoms with Crippen molar-refractivity contribution in [3.8, 4) is 0 Å². The summed E-state index contributed by atoms with van der Waals surface area (Å²) in [5, 5.41) is 9.51. The molecule has 1 aromatic carbocycles. The fourth-order valence-electron chi connectivity index (χ4n) is 2.78. The molecule has 1 aliphatic heterocycles. The summed E-state index contributed by atoms with van der Waals surface area (Å²) in [6, 6.07) is 6.19. The highest BCUT2D eigenvalue weighted by Crippen LogP contribution is 2.37. The second kappa shape index (κ2) is 5.49. The van der Waals surface area contributed by atoms with Gasteiger partial charge < -0.3 is 5.11 Å². The van der Waals surface area contributed by atoms with Gasteiger partial charge in [-0.25, -0.2) is 0 Å². The normalized spacial score (nSPS) is 24.1. The van der Waals surface area contributed by atoms with Crippen LogP contribution in [0.2, 0.25) is 0 Å². The number of halogens is 1. The average molecular weight is 340 g/mol. The maximum Gasteiger partial charge on any atom is 0.308 e. The molecule has 1 aromatic rings. The van der Waals surface area contributed by atoms with E-state index in [-0.39, 0.29) is 17.4 Å². The van der Waals surface area contributed by atoms with Crippen molar-refractivity contribution in [2.24, 2.45) is 5.92 Å². The molecule has 0 bridgehead atoms. The molecule has 1 aliphatic rings. The number of nitrogens with zero attached hydrogens (tertiary/aromatic N) is 1. The summed E-state index contributed by atoms with van der Waals surface area (Å²) in [4.78, 5) is 13.8. The second-order valence-corrected chi connectivity index (χ2v) is 7.49. The molecule has 0 radical (unpaired) electrons. The smallest absolute Gasteiger partial charge is 0.308 e. The van der Waals surface area contributed by atoms with Crippen molar-refractivity contribution in [2.45, 2.75) is 39.2 Å². The van der Waals surface area contributed by atoms with Gasteiger partial charge >= 0.3 is 5.97 Å². The van der Waals surface area contributed by atoms with E-state index in [4.69, 9.17) is 0 Å². The molecule has 0 unspecified atom stereocenters. The Labute approximate surface area is 129 Å². The van der Waals surface area contributed by atoms with Crippen molar-refractivity contribution < 1.29 is 9.90 Å². The summed E-state index contributed by atoms with van der Waals surface area (Å²) in [6.45, 7) is 9.88. The molecule has 0 spiro atoms. The van der Waals surface area contributed by atoms with Crippen molar-refractivity contribution in [3.05, 3.63) is 33.8 Å². The zero-order valence-electron chi connectivity index (χ0n) is 12.5. The molecule has 0 aliphatic carbocycles. The molecule has 110 valence electrons. The molecule has 0 amide bonds. The van der Waals surface area contributed by atoms with Crippen LogP contribution in [0.5, 0.6) is 0 Å². The van der Waals surface area contributed by atoms with E-state index in [0.717, 1.165) is 16.6 Å². The third kappa shape index (κ3) is 3.07. The third-order valence-corrected chi connectivity index (χ3v) is 5.06. The van der Waals surface area contributed by atoms with E-state index >= 15 is 0 Å². The fraction of sp³-hybridized carbons (Fsp3) is 0.562. The molecule has 20 heavy (non-hydrogen) atoms. The molecule has 4 heteroatoms. The fourth-order valence-corrected chi connectivity index (χ4v) is 3.18. The molecule has 1 heterocycles. The summed E-state index contributed by atoms with van der Waals surface area (Å²) in [6.07, 6.45) is 0. The molecule has 1 fully saturated rings. The lowest BCUT2D eigenvalue weighted by Crippen LogP contribution is -2.40. The predicted molar refractivity (Wildman–Crippen MR) is 84.1 cm³/mol. The van der Waals surface area contributed by atoms with E-state index in [1.165, 1.54) is 5.56 Å². The van der Waals surface area contributed by atoms with Gasteiger partial charge in [0.05, 0.1) is 5.92 Å². The molecule has 3 nitrogen and oxygen atoms in total. The molecule has 2 atom stereocenters. The Balaban J connectivity index is 2.32. The highest BCUT2D eigenvalue weighted by Gasteiger charge is 2.42. The number of rotatable bonds is 2. The van der Waals surface area contributed by atoms with Crippen molar-refractivity contribution in [1.29, 1.82) is 0 Å². The minimum absolute atomic E-state index is 0.00434. The van der Waals surface area contributed by atoms with Crippen molar-refractivity contribution >= 4 is 21.9 Å². The van der Waals surface area contributed by atoms with Crippen molar-refractivity contribution in [3.63, 3.8) is 0 Å². The van der Waals surface area contributed by atoms with E-state index in [0.29, 0.717) is 6.54 Å². The van der Waals surface area contributed by atoms with Crippen LogP contribution in [-0.2, 0) is 4.79 Å². The summed E-state index contributed by atoms with van der Waals surface area (Å²) in [7, 11) is 0. The number of carbonyl (C=O) groups is 1. The molecule has 0 aromatic heterocycles. The summed E-state index contributed by atoms with van der Waals surface area (Å²) in [5.41, 5.74) is 2.29. The number of hydrogen-bond donors (Lipinski definition) is 1. The topological polar surface area (TPSA) is 40.5 Å². The molecule has 0 saturated carbocycles.